The lowest BCUT2D eigenvalue weighted by atomic mass is 10.0. The van der Waals surface area contributed by atoms with Gasteiger partial charge in [-0.15, -0.1) is 0 Å². The molecule has 9 heteroatoms. The Morgan fingerprint density at radius 2 is 1.96 bits per heavy atom. The molecule has 1 aliphatic rings. The van der Waals surface area contributed by atoms with E-state index in [1.54, 1.807) is 19.9 Å². The predicted octanol–water partition coefficient (Wildman–Crippen LogP) is 2.02. The zero-order chi connectivity index (χ0) is 19.3. The molecule has 1 aliphatic heterocycles. The van der Waals surface area contributed by atoms with Crippen LogP contribution in [-0.2, 0) is 14.3 Å². The van der Waals surface area contributed by atoms with Crippen LogP contribution in [0.1, 0.15) is 24.2 Å². The molecule has 140 valence electrons. The van der Waals surface area contributed by atoms with Crippen LogP contribution in [0.2, 0.25) is 5.02 Å². The molecule has 8 nitrogen and oxygen atoms in total. The van der Waals surface area contributed by atoms with Crippen molar-refractivity contribution < 1.29 is 28.6 Å². The summed E-state index contributed by atoms with van der Waals surface area (Å²) in [6.45, 7) is 3.16. The molecule has 0 fully saturated rings. The summed E-state index contributed by atoms with van der Waals surface area (Å²) in [5.74, 6) is -1.01. The van der Waals surface area contributed by atoms with Crippen LogP contribution in [0.15, 0.2) is 29.5 Å². The molecule has 0 radical (unpaired) electrons. The molecule has 0 saturated heterocycles. The quantitative estimate of drug-likeness (QED) is 0.730. The first-order valence-electron chi connectivity index (χ1n) is 7.85. The predicted molar refractivity (Wildman–Crippen MR) is 93.1 cm³/mol. The minimum Gasteiger partial charge on any atom is -0.496 e. The summed E-state index contributed by atoms with van der Waals surface area (Å²) in [5.41, 5.74) is 0.484. The van der Waals surface area contributed by atoms with Gasteiger partial charge < -0.3 is 24.8 Å². The van der Waals surface area contributed by atoms with E-state index < -0.39 is 24.0 Å². The zero-order valence-electron chi connectivity index (χ0n) is 14.6. The fourth-order valence-corrected chi connectivity index (χ4v) is 2.62. The van der Waals surface area contributed by atoms with Crippen LogP contribution in [0.3, 0.4) is 0 Å². The third kappa shape index (κ3) is 4.45. The van der Waals surface area contributed by atoms with Crippen molar-refractivity contribution >= 4 is 29.6 Å². The van der Waals surface area contributed by atoms with Crippen LogP contribution in [-0.4, -0.2) is 44.3 Å². The minimum absolute atomic E-state index is 0.131. The summed E-state index contributed by atoms with van der Waals surface area (Å²) in [7, 11) is 1.41. The number of benzene rings is 1. The molecule has 0 bridgehead atoms. The minimum atomic E-state index is -0.708. The zero-order valence-corrected chi connectivity index (χ0v) is 15.3. The number of methoxy groups -OCH3 is 1. The van der Waals surface area contributed by atoms with Gasteiger partial charge in [0.15, 0.2) is 0 Å². The third-order valence-electron chi connectivity index (χ3n) is 3.59. The molecule has 0 unspecified atom stereocenters. The van der Waals surface area contributed by atoms with E-state index in [4.69, 9.17) is 25.8 Å². The average molecular weight is 383 g/mol. The van der Waals surface area contributed by atoms with Gasteiger partial charge in [0.05, 0.1) is 31.0 Å². The molecular formula is C17H19ClN2O6. The van der Waals surface area contributed by atoms with E-state index in [9.17, 15) is 14.4 Å². The normalized spacial score (nSPS) is 16.5. The van der Waals surface area contributed by atoms with E-state index in [2.05, 4.69) is 10.6 Å². The van der Waals surface area contributed by atoms with E-state index in [0.717, 1.165) is 0 Å². The van der Waals surface area contributed by atoms with Gasteiger partial charge >= 0.3 is 18.0 Å². The Morgan fingerprint density at radius 3 is 2.62 bits per heavy atom. The summed E-state index contributed by atoms with van der Waals surface area (Å²) >= 11 is 5.91. The van der Waals surface area contributed by atoms with Gasteiger partial charge in [0.2, 0.25) is 0 Å². The van der Waals surface area contributed by atoms with E-state index in [1.807, 2.05) is 0 Å². The largest absolute Gasteiger partial charge is 0.496 e. The Labute approximate surface area is 155 Å². The molecule has 0 spiro atoms. The van der Waals surface area contributed by atoms with Gasteiger partial charge in [0.25, 0.3) is 0 Å². The van der Waals surface area contributed by atoms with Crippen LogP contribution < -0.4 is 15.4 Å². The van der Waals surface area contributed by atoms with Gasteiger partial charge in [-0.05, 0) is 32.0 Å². The number of amides is 2. The summed E-state index contributed by atoms with van der Waals surface area (Å²) in [5, 5.41) is 5.37. The number of hydrogen-bond donors (Lipinski definition) is 2. The second-order valence-corrected chi connectivity index (χ2v) is 5.79. The maximum absolute atomic E-state index is 12.4. The highest BCUT2D eigenvalue weighted by atomic mass is 35.5. The molecule has 0 aliphatic carbocycles. The monoisotopic (exact) mass is 382 g/mol. The molecule has 0 saturated carbocycles. The fourth-order valence-electron chi connectivity index (χ4n) is 2.45. The van der Waals surface area contributed by atoms with Gasteiger partial charge in [-0.25, -0.2) is 14.4 Å². The van der Waals surface area contributed by atoms with Crippen LogP contribution in [0.4, 0.5) is 4.79 Å². The van der Waals surface area contributed by atoms with Crippen molar-refractivity contribution in [1.82, 2.24) is 10.6 Å². The first kappa shape index (κ1) is 19.6. The Kier molecular flexibility index (Phi) is 6.46. The average Bonchev–Trinajstić information content (AvgIpc) is 2.59. The van der Waals surface area contributed by atoms with E-state index >= 15 is 0 Å². The highest BCUT2D eigenvalue weighted by Crippen LogP contribution is 2.24. The molecule has 1 aromatic rings. The standard InChI is InChI=1S/C17H19ClN2O6/c1-4-25-16(22)14-9(2)19-17(23)20-12(14)8-26-15(21)11-7-10(18)5-6-13(11)24-3/h5-7,9H,4,8H2,1-3H3,(H2,19,20,23)/t9-/m0/s1. The van der Waals surface area contributed by atoms with Crippen molar-refractivity contribution in [2.24, 2.45) is 0 Å². The number of esters is 2. The first-order valence-corrected chi connectivity index (χ1v) is 8.23. The molecular weight excluding hydrogens is 364 g/mol. The topological polar surface area (TPSA) is 103 Å². The van der Waals surface area contributed by atoms with Gasteiger partial charge in [-0.3, -0.25) is 0 Å². The molecule has 2 amide bonds. The highest BCUT2D eigenvalue weighted by molar-refractivity contribution is 6.31. The number of halogens is 1. The van der Waals surface area contributed by atoms with E-state index in [0.29, 0.717) is 10.8 Å². The van der Waals surface area contributed by atoms with Gasteiger partial charge in [0, 0.05) is 5.02 Å². The van der Waals surface area contributed by atoms with Crippen molar-refractivity contribution in [2.45, 2.75) is 19.9 Å². The molecule has 1 aromatic carbocycles. The van der Waals surface area contributed by atoms with Crippen molar-refractivity contribution in [3.63, 3.8) is 0 Å². The number of ether oxygens (including phenoxy) is 3. The molecule has 26 heavy (non-hydrogen) atoms. The maximum Gasteiger partial charge on any atom is 0.342 e. The Hall–Kier alpha value is -2.74. The van der Waals surface area contributed by atoms with Crippen molar-refractivity contribution in [3.8, 4) is 5.75 Å². The first-order chi connectivity index (χ1) is 12.4. The third-order valence-corrected chi connectivity index (χ3v) is 3.83. The molecule has 2 rings (SSSR count). The number of urea groups is 1. The lowest BCUT2D eigenvalue weighted by molar-refractivity contribution is -0.139. The SMILES string of the molecule is CCOC(=O)C1=C(COC(=O)c2cc(Cl)ccc2OC)NC(=O)N[C@H]1C. The van der Waals surface area contributed by atoms with Crippen molar-refractivity contribution in [3.05, 3.63) is 40.1 Å². The smallest absolute Gasteiger partial charge is 0.342 e. The van der Waals surface area contributed by atoms with Gasteiger partial charge in [-0.2, -0.15) is 0 Å². The number of rotatable bonds is 6. The second-order valence-electron chi connectivity index (χ2n) is 5.35. The van der Waals surface area contributed by atoms with Crippen LogP contribution >= 0.6 is 11.6 Å². The summed E-state index contributed by atoms with van der Waals surface area (Å²) < 4.78 is 15.3. The number of nitrogens with one attached hydrogen (secondary N) is 2. The number of carbonyl (C=O) groups excluding carboxylic acids is 3. The summed E-state index contributed by atoms with van der Waals surface area (Å²) in [6, 6.07) is 3.44. The summed E-state index contributed by atoms with van der Waals surface area (Å²) in [4.78, 5) is 36.2. The maximum atomic E-state index is 12.4. The Bertz CT molecular complexity index is 762. The van der Waals surface area contributed by atoms with Crippen molar-refractivity contribution in [1.29, 1.82) is 0 Å². The van der Waals surface area contributed by atoms with E-state index in [1.165, 1.54) is 19.2 Å². The summed E-state index contributed by atoms with van der Waals surface area (Å²) in [6.07, 6.45) is 0. The Morgan fingerprint density at radius 1 is 1.23 bits per heavy atom. The Balaban J connectivity index is 2.23. The molecule has 1 atom stereocenters. The fraction of sp³-hybridized carbons (Fsp3) is 0.353. The highest BCUT2D eigenvalue weighted by Gasteiger charge is 2.30. The molecule has 1 heterocycles. The second kappa shape index (κ2) is 8.57. The van der Waals surface area contributed by atoms with E-state index in [-0.39, 0.29) is 30.0 Å². The van der Waals surface area contributed by atoms with Crippen LogP contribution in [0.25, 0.3) is 0 Å². The van der Waals surface area contributed by atoms with Gasteiger partial charge in [0.1, 0.15) is 17.9 Å². The van der Waals surface area contributed by atoms with Crippen LogP contribution in [0, 0.1) is 0 Å². The lowest BCUT2D eigenvalue weighted by Gasteiger charge is -2.26. The lowest BCUT2D eigenvalue weighted by Crippen LogP contribution is -2.50. The number of carbonyl (C=O) groups is 3. The van der Waals surface area contributed by atoms with Crippen LogP contribution in [0.5, 0.6) is 5.75 Å². The van der Waals surface area contributed by atoms with Gasteiger partial charge in [-0.1, -0.05) is 11.6 Å². The van der Waals surface area contributed by atoms with Crippen molar-refractivity contribution in [2.75, 3.05) is 20.3 Å². The molecule has 0 aromatic heterocycles. The number of hydrogen-bond acceptors (Lipinski definition) is 6. The molecule has 2 N–H and O–H groups in total.